The zero-order chi connectivity index (χ0) is 21.7. The van der Waals surface area contributed by atoms with Gasteiger partial charge < -0.3 is 10.6 Å². The van der Waals surface area contributed by atoms with Gasteiger partial charge >= 0.3 is 0 Å². The van der Waals surface area contributed by atoms with Crippen molar-refractivity contribution in [1.82, 2.24) is 10.6 Å². The lowest BCUT2D eigenvalue weighted by atomic mass is 9.74. The number of carbonyl (C=O) groups excluding carboxylic acids is 2. The number of alkyl halides is 1. The number of hydrogen-bond donors (Lipinski definition) is 2. The average Bonchev–Trinajstić information content (AvgIpc) is 3.37. The van der Waals surface area contributed by atoms with Crippen LogP contribution in [0.15, 0.2) is 12.1 Å². The van der Waals surface area contributed by atoms with Crippen LogP contribution >= 0.6 is 11.6 Å². The van der Waals surface area contributed by atoms with Gasteiger partial charge in [-0.1, -0.05) is 11.6 Å². The van der Waals surface area contributed by atoms with E-state index in [4.69, 9.17) is 11.6 Å². The second-order valence-electron chi connectivity index (χ2n) is 9.30. The molecule has 0 aliphatic heterocycles. The fourth-order valence-corrected chi connectivity index (χ4v) is 5.97. The van der Waals surface area contributed by atoms with Crippen LogP contribution in [-0.4, -0.2) is 23.5 Å². The van der Waals surface area contributed by atoms with Crippen LogP contribution in [0.4, 0.5) is 13.2 Å². The minimum absolute atomic E-state index is 0.0917. The second-order valence-corrected chi connectivity index (χ2v) is 9.70. The van der Waals surface area contributed by atoms with E-state index in [1.807, 2.05) is 0 Å². The van der Waals surface area contributed by atoms with Gasteiger partial charge in [0.05, 0.1) is 11.1 Å². The monoisotopic (exact) mass is 442 g/mol. The smallest absolute Gasteiger partial charge is 0.223 e. The molecule has 164 valence electrons. The molecule has 0 spiro atoms. The summed E-state index contributed by atoms with van der Waals surface area (Å²) in [5, 5.41) is 5.47. The van der Waals surface area contributed by atoms with Crippen LogP contribution in [0.2, 0.25) is 5.02 Å². The summed E-state index contributed by atoms with van der Waals surface area (Å²) < 4.78 is 44.7. The molecule has 0 radical (unpaired) electrons. The van der Waals surface area contributed by atoms with E-state index < -0.39 is 28.8 Å². The number of amides is 2. The Kier molecular flexibility index (Phi) is 5.54. The Bertz CT molecular complexity index is 870. The molecule has 8 heteroatoms. The molecular formula is C22H26ClF3N2O2. The highest BCUT2D eigenvalue weighted by atomic mass is 35.5. The first-order valence-corrected chi connectivity index (χ1v) is 10.9. The largest absolute Gasteiger partial charge is 0.354 e. The minimum Gasteiger partial charge on any atom is -0.354 e. The standard InChI is InChI=1S/C22H26ClF3N2O2/c1-12(29)27-14-3-2-13(10-14)20(30)28-19(17-16(24)5-4-15(23)18(17)25)21-6-8-22(26,11-21)9-7-21/h4-5,13-14,19H,2-3,6-11H2,1H3,(H,27,29)(H,28,30). The molecule has 0 aromatic heterocycles. The van der Waals surface area contributed by atoms with Crippen LogP contribution in [-0.2, 0) is 9.59 Å². The predicted octanol–water partition coefficient (Wildman–Crippen LogP) is 4.75. The van der Waals surface area contributed by atoms with Crippen LogP contribution in [0.1, 0.15) is 69.9 Å². The second kappa shape index (κ2) is 7.74. The van der Waals surface area contributed by atoms with E-state index in [9.17, 15) is 22.8 Å². The fraction of sp³-hybridized carbons (Fsp3) is 0.636. The molecular weight excluding hydrogens is 417 g/mol. The molecule has 1 aromatic rings. The highest BCUT2D eigenvalue weighted by molar-refractivity contribution is 6.30. The van der Waals surface area contributed by atoms with Gasteiger partial charge in [-0.15, -0.1) is 0 Å². The summed E-state index contributed by atoms with van der Waals surface area (Å²) in [7, 11) is 0. The van der Waals surface area contributed by atoms with Gasteiger partial charge in [0.15, 0.2) is 0 Å². The van der Waals surface area contributed by atoms with Crippen molar-refractivity contribution < 1.29 is 22.8 Å². The summed E-state index contributed by atoms with van der Waals surface area (Å²) >= 11 is 5.93. The van der Waals surface area contributed by atoms with Gasteiger partial charge in [0, 0.05) is 24.4 Å². The van der Waals surface area contributed by atoms with E-state index in [-0.39, 0.29) is 40.8 Å². The Morgan fingerprint density at radius 2 is 1.87 bits per heavy atom. The zero-order valence-electron chi connectivity index (χ0n) is 16.9. The van der Waals surface area contributed by atoms with Gasteiger partial charge in [-0.2, -0.15) is 0 Å². The third-order valence-corrected chi connectivity index (χ3v) is 7.58. The number of benzene rings is 1. The van der Waals surface area contributed by atoms with E-state index in [1.54, 1.807) is 0 Å². The molecule has 4 nitrogen and oxygen atoms in total. The van der Waals surface area contributed by atoms with Crippen LogP contribution in [0.25, 0.3) is 0 Å². The van der Waals surface area contributed by atoms with Crippen molar-refractivity contribution in [2.75, 3.05) is 0 Å². The molecule has 2 N–H and O–H groups in total. The Morgan fingerprint density at radius 1 is 1.17 bits per heavy atom. The number of halogens is 4. The van der Waals surface area contributed by atoms with Crippen molar-refractivity contribution in [3.05, 3.63) is 34.4 Å². The molecule has 4 rings (SSSR count). The lowest BCUT2D eigenvalue weighted by molar-refractivity contribution is -0.127. The van der Waals surface area contributed by atoms with Gasteiger partial charge in [-0.05, 0) is 68.9 Å². The Morgan fingerprint density at radius 3 is 2.47 bits per heavy atom. The lowest BCUT2D eigenvalue weighted by Crippen LogP contribution is -2.42. The average molecular weight is 443 g/mol. The molecule has 3 unspecified atom stereocenters. The third kappa shape index (κ3) is 3.81. The molecule has 2 bridgehead atoms. The first kappa shape index (κ1) is 21.5. The molecule has 3 saturated carbocycles. The molecule has 3 atom stereocenters. The zero-order valence-corrected chi connectivity index (χ0v) is 17.6. The van der Waals surface area contributed by atoms with Crippen molar-refractivity contribution in [2.24, 2.45) is 11.3 Å². The molecule has 0 saturated heterocycles. The molecule has 3 aliphatic carbocycles. The molecule has 2 amide bonds. The van der Waals surface area contributed by atoms with E-state index >= 15 is 0 Å². The SMILES string of the molecule is CC(=O)NC1CCC(C(=O)NC(c2c(F)ccc(Cl)c2F)C23CCC(F)(CC2)C3)C1. The van der Waals surface area contributed by atoms with Gasteiger partial charge in [-0.25, -0.2) is 13.2 Å². The Labute approximate surface area is 178 Å². The van der Waals surface area contributed by atoms with Gasteiger partial charge in [0.1, 0.15) is 17.3 Å². The van der Waals surface area contributed by atoms with Crippen molar-refractivity contribution in [1.29, 1.82) is 0 Å². The number of nitrogens with one attached hydrogen (secondary N) is 2. The maximum Gasteiger partial charge on any atom is 0.223 e. The quantitative estimate of drug-likeness (QED) is 0.646. The minimum atomic E-state index is -1.33. The first-order chi connectivity index (χ1) is 14.1. The fourth-order valence-electron chi connectivity index (χ4n) is 5.81. The Hall–Kier alpha value is -1.76. The highest BCUT2D eigenvalue weighted by Gasteiger charge is 2.59. The van der Waals surface area contributed by atoms with E-state index in [0.717, 1.165) is 12.1 Å². The maximum atomic E-state index is 15.0. The van der Waals surface area contributed by atoms with E-state index in [1.165, 1.54) is 6.92 Å². The molecule has 3 fully saturated rings. The third-order valence-electron chi connectivity index (χ3n) is 7.29. The molecule has 30 heavy (non-hydrogen) atoms. The summed E-state index contributed by atoms with van der Waals surface area (Å²) in [6, 6.07) is 1.16. The van der Waals surface area contributed by atoms with E-state index in [0.29, 0.717) is 44.9 Å². The van der Waals surface area contributed by atoms with Gasteiger partial charge in [-0.3, -0.25) is 9.59 Å². The van der Waals surface area contributed by atoms with Crippen LogP contribution in [0, 0.1) is 23.0 Å². The number of carbonyl (C=O) groups is 2. The molecule has 0 heterocycles. The molecule has 1 aromatic carbocycles. The predicted molar refractivity (Wildman–Crippen MR) is 107 cm³/mol. The summed E-state index contributed by atoms with van der Waals surface area (Å²) in [6.07, 6.45) is 3.46. The summed E-state index contributed by atoms with van der Waals surface area (Å²) in [4.78, 5) is 24.4. The summed E-state index contributed by atoms with van der Waals surface area (Å²) in [5.74, 6) is -2.53. The van der Waals surface area contributed by atoms with Crippen molar-refractivity contribution >= 4 is 23.4 Å². The van der Waals surface area contributed by atoms with Gasteiger partial charge in [0.2, 0.25) is 11.8 Å². The molecule has 3 aliphatic rings. The number of rotatable bonds is 5. The Balaban J connectivity index is 1.62. The lowest BCUT2D eigenvalue weighted by Gasteiger charge is -2.37. The number of fused-ring (bicyclic) bond motifs is 2. The number of hydrogen-bond acceptors (Lipinski definition) is 2. The van der Waals surface area contributed by atoms with Crippen molar-refractivity contribution in [3.63, 3.8) is 0 Å². The first-order valence-electron chi connectivity index (χ1n) is 10.5. The topological polar surface area (TPSA) is 58.2 Å². The van der Waals surface area contributed by atoms with E-state index in [2.05, 4.69) is 10.6 Å². The van der Waals surface area contributed by atoms with Crippen LogP contribution in [0.3, 0.4) is 0 Å². The van der Waals surface area contributed by atoms with Crippen molar-refractivity contribution in [2.45, 2.75) is 76.0 Å². The summed E-state index contributed by atoms with van der Waals surface area (Å²) in [6.45, 7) is 1.43. The van der Waals surface area contributed by atoms with Gasteiger partial charge in [0.25, 0.3) is 0 Å². The summed E-state index contributed by atoms with van der Waals surface area (Å²) in [5.41, 5.74) is -2.34. The highest BCUT2D eigenvalue weighted by Crippen LogP contribution is 2.63. The van der Waals surface area contributed by atoms with Crippen molar-refractivity contribution in [3.8, 4) is 0 Å². The van der Waals surface area contributed by atoms with Crippen LogP contribution < -0.4 is 10.6 Å². The normalized spacial score (nSPS) is 33.5. The van der Waals surface area contributed by atoms with Crippen LogP contribution in [0.5, 0.6) is 0 Å². The maximum absolute atomic E-state index is 15.0.